The summed E-state index contributed by atoms with van der Waals surface area (Å²) in [5.74, 6) is 0.620. The number of ether oxygens (including phenoxy) is 1. The molecule has 0 saturated heterocycles. The van der Waals surface area contributed by atoms with E-state index in [0.717, 1.165) is 6.42 Å². The van der Waals surface area contributed by atoms with Crippen LogP contribution in [0.1, 0.15) is 38.2 Å². The standard InChI is InChI=1S/C13H19ClN2O/c1-2-3-4-5-8-17-12-7-6-10(14)9-11(12)13(15)16/h6-7,9H,2-5,8H2,1H3,(H3,15,16). The summed E-state index contributed by atoms with van der Waals surface area (Å²) in [5, 5.41) is 8.02. The number of halogens is 1. The van der Waals surface area contributed by atoms with Crippen LogP contribution in [-0.4, -0.2) is 12.4 Å². The van der Waals surface area contributed by atoms with Crippen LogP contribution >= 0.6 is 11.6 Å². The molecule has 0 aliphatic carbocycles. The molecule has 0 bridgehead atoms. The Labute approximate surface area is 107 Å². The highest BCUT2D eigenvalue weighted by Gasteiger charge is 2.07. The lowest BCUT2D eigenvalue weighted by atomic mass is 10.2. The monoisotopic (exact) mass is 254 g/mol. The van der Waals surface area contributed by atoms with Gasteiger partial charge in [-0.05, 0) is 24.6 Å². The maximum absolute atomic E-state index is 7.46. The summed E-state index contributed by atoms with van der Waals surface area (Å²) in [4.78, 5) is 0. The van der Waals surface area contributed by atoms with Gasteiger partial charge in [-0.2, -0.15) is 0 Å². The zero-order valence-corrected chi connectivity index (χ0v) is 10.9. The third-order valence-corrected chi connectivity index (χ3v) is 2.72. The highest BCUT2D eigenvalue weighted by atomic mass is 35.5. The minimum absolute atomic E-state index is 0.0175. The maximum Gasteiger partial charge on any atom is 0.130 e. The number of nitrogens with two attached hydrogens (primary N) is 1. The molecule has 0 aliphatic heterocycles. The van der Waals surface area contributed by atoms with Crippen LogP contribution in [0, 0.1) is 5.41 Å². The van der Waals surface area contributed by atoms with Gasteiger partial charge in [0.15, 0.2) is 0 Å². The summed E-state index contributed by atoms with van der Waals surface area (Å²) < 4.78 is 5.62. The normalized spacial score (nSPS) is 10.2. The molecule has 0 saturated carbocycles. The molecule has 4 heteroatoms. The van der Waals surface area contributed by atoms with Crippen molar-refractivity contribution >= 4 is 17.4 Å². The molecule has 0 heterocycles. The fraction of sp³-hybridized carbons (Fsp3) is 0.462. The van der Waals surface area contributed by atoms with Crippen molar-refractivity contribution in [1.29, 1.82) is 5.41 Å². The van der Waals surface area contributed by atoms with Crippen LogP contribution in [0.3, 0.4) is 0 Å². The van der Waals surface area contributed by atoms with Crippen LogP contribution in [0.15, 0.2) is 18.2 Å². The Balaban J connectivity index is 2.55. The lowest BCUT2D eigenvalue weighted by Gasteiger charge is -2.10. The van der Waals surface area contributed by atoms with Gasteiger partial charge in [0.25, 0.3) is 0 Å². The number of unbranched alkanes of at least 4 members (excludes halogenated alkanes) is 3. The number of hydrogen-bond acceptors (Lipinski definition) is 2. The summed E-state index contributed by atoms with van der Waals surface area (Å²) in [7, 11) is 0. The predicted molar refractivity (Wildman–Crippen MR) is 72.1 cm³/mol. The van der Waals surface area contributed by atoms with Crippen LogP contribution in [0.5, 0.6) is 5.75 Å². The average Bonchev–Trinajstić information content (AvgIpc) is 2.30. The molecule has 0 aromatic heterocycles. The summed E-state index contributed by atoms with van der Waals surface area (Å²) >= 11 is 5.86. The molecule has 0 fully saturated rings. The largest absolute Gasteiger partial charge is 0.493 e. The van der Waals surface area contributed by atoms with Crippen molar-refractivity contribution < 1.29 is 4.74 Å². The van der Waals surface area contributed by atoms with Crippen molar-refractivity contribution in [3.8, 4) is 5.75 Å². The first-order valence-corrected chi connectivity index (χ1v) is 6.29. The molecule has 0 amide bonds. The number of amidine groups is 1. The molecule has 0 radical (unpaired) electrons. The van der Waals surface area contributed by atoms with E-state index in [4.69, 9.17) is 27.5 Å². The molecule has 0 spiro atoms. The topological polar surface area (TPSA) is 59.1 Å². The van der Waals surface area contributed by atoms with E-state index < -0.39 is 0 Å². The minimum Gasteiger partial charge on any atom is -0.493 e. The van der Waals surface area contributed by atoms with Gasteiger partial charge in [0.2, 0.25) is 0 Å². The van der Waals surface area contributed by atoms with Gasteiger partial charge in [-0.15, -0.1) is 0 Å². The molecular formula is C13H19ClN2O. The minimum atomic E-state index is -0.0175. The molecular weight excluding hydrogens is 236 g/mol. The summed E-state index contributed by atoms with van der Waals surface area (Å²) in [6.45, 7) is 2.83. The molecule has 94 valence electrons. The Bertz CT molecular complexity index is 380. The van der Waals surface area contributed by atoms with Crippen molar-refractivity contribution in [2.75, 3.05) is 6.61 Å². The molecule has 0 unspecified atom stereocenters. The number of hydrogen-bond donors (Lipinski definition) is 2. The van der Waals surface area contributed by atoms with Gasteiger partial charge in [-0.25, -0.2) is 0 Å². The van der Waals surface area contributed by atoms with Crippen LogP contribution < -0.4 is 10.5 Å². The SMILES string of the molecule is CCCCCCOc1ccc(Cl)cc1C(=N)N. The third kappa shape index (κ3) is 4.65. The zero-order valence-electron chi connectivity index (χ0n) is 10.1. The van der Waals surface area contributed by atoms with E-state index in [1.165, 1.54) is 19.3 Å². The third-order valence-electron chi connectivity index (χ3n) is 2.49. The second-order valence-corrected chi connectivity index (χ2v) is 4.40. The summed E-state index contributed by atoms with van der Waals surface area (Å²) in [6, 6.07) is 5.17. The highest BCUT2D eigenvalue weighted by molar-refractivity contribution is 6.31. The first kappa shape index (κ1) is 13.8. The van der Waals surface area contributed by atoms with E-state index in [1.807, 2.05) is 0 Å². The smallest absolute Gasteiger partial charge is 0.130 e. The zero-order chi connectivity index (χ0) is 12.7. The lowest BCUT2D eigenvalue weighted by molar-refractivity contribution is 0.304. The molecule has 1 aromatic rings. The Morgan fingerprint density at radius 3 is 2.76 bits per heavy atom. The fourth-order valence-corrected chi connectivity index (χ4v) is 1.72. The van der Waals surface area contributed by atoms with Crippen molar-refractivity contribution in [2.45, 2.75) is 32.6 Å². The number of nitrogens with one attached hydrogen (secondary N) is 1. The van der Waals surface area contributed by atoms with E-state index in [9.17, 15) is 0 Å². The Hall–Kier alpha value is -1.22. The molecule has 3 nitrogen and oxygen atoms in total. The molecule has 17 heavy (non-hydrogen) atoms. The maximum atomic E-state index is 7.46. The van der Waals surface area contributed by atoms with Gasteiger partial charge < -0.3 is 10.5 Å². The number of rotatable bonds is 7. The molecule has 0 aliphatic rings. The molecule has 3 N–H and O–H groups in total. The van der Waals surface area contributed by atoms with Gasteiger partial charge in [0.1, 0.15) is 11.6 Å². The number of nitrogen functional groups attached to an aromatic ring is 1. The summed E-state index contributed by atoms with van der Waals surface area (Å²) in [6.07, 6.45) is 4.62. The summed E-state index contributed by atoms with van der Waals surface area (Å²) in [5.41, 5.74) is 6.04. The van der Waals surface area contributed by atoms with Gasteiger partial charge in [-0.1, -0.05) is 37.8 Å². The Morgan fingerprint density at radius 1 is 1.35 bits per heavy atom. The Kier molecular flexibility index (Phi) is 5.84. The van der Waals surface area contributed by atoms with Gasteiger partial charge in [0.05, 0.1) is 12.2 Å². The van der Waals surface area contributed by atoms with Crippen molar-refractivity contribution in [1.82, 2.24) is 0 Å². The van der Waals surface area contributed by atoms with E-state index >= 15 is 0 Å². The van der Waals surface area contributed by atoms with Gasteiger partial charge in [0, 0.05) is 5.02 Å². The number of benzene rings is 1. The van der Waals surface area contributed by atoms with Crippen molar-refractivity contribution in [2.24, 2.45) is 5.73 Å². The highest BCUT2D eigenvalue weighted by Crippen LogP contribution is 2.22. The van der Waals surface area contributed by atoms with E-state index in [2.05, 4.69) is 6.92 Å². The van der Waals surface area contributed by atoms with E-state index in [0.29, 0.717) is 22.9 Å². The predicted octanol–water partition coefficient (Wildman–Crippen LogP) is 3.58. The van der Waals surface area contributed by atoms with E-state index in [1.54, 1.807) is 18.2 Å². The van der Waals surface area contributed by atoms with E-state index in [-0.39, 0.29) is 5.84 Å². The molecule has 1 aromatic carbocycles. The first-order valence-electron chi connectivity index (χ1n) is 5.92. The van der Waals surface area contributed by atoms with Crippen LogP contribution in [-0.2, 0) is 0 Å². The van der Waals surface area contributed by atoms with Crippen LogP contribution in [0.4, 0.5) is 0 Å². The molecule has 0 atom stereocenters. The van der Waals surface area contributed by atoms with Gasteiger partial charge in [-0.3, -0.25) is 5.41 Å². The van der Waals surface area contributed by atoms with Crippen molar-refractivity contribution in [3.63, 3.8) is 0 Å². The molecule has 1 rings (SSSR count). The fourth-order valence-electron chi connectivity index (χ4n) is 1.55. The first-order chi connectivity index (χ1) is 8.15. The second-order valence-electron chi connectivity index (χ2n) is 3.96. The Morgan fingerprint density at radius 2 is 2.12 bits per heavy atom. The quantitative estimate of drug-likeness (QED) is 0.444. The van der Waals surface area contributed by atoms with Crippen LogP contribution in [0.25, 0.3) is 0 Å². The van der Waals surface area contributed by atoms with Gasteiger partial charge >= 0.3 is 0 Å². The van der Waals surface area contributed by atoms with Crippen LogP contribution in [0.2, 0.25) is 5.02 Å². The average molecular weight is 255 g/mol. The lowest BCUT2D eigenvalue weighted by Crippen LogP contribution is -2.13. The second kappa shape index (κ2) is 7.17. The van der Waals surface area contributed by atoms with Crippen molar-refractivity contribution in [3.05, 3.63) is 28.8 Å².